The summed E-state index contributed by atoms with van der Waals surface area (Å²) < 4.78 is 101. The van der Waals surface area contributed by atoms with Crippen LogP contribution in [0.3, 0.4) is 0 Å². The van der Waals surface area contributed by atoms with E-state index in [-0.39, 0.29) is 17.7 Å². The normalized spacial score (nSPS) is 14.1. The Kier molecular flexibility index (Phi) is 20.4. The van der Waals surface area contributed by atoms with Crippen molar-refractivity contribution in [3.05, 3.63) is 72.4 Å². The molecule has 316 valence electrons. The molecule has 1 aliphatic heterocycles. The number of morpholine rings is 1. The van der Waals surface area contributed by atoms with Gasteiger partial charge in [0.1, 0.15) is 17.6 Å². The Morgan fingerprint density at radius 1 is 0.789 bits per heavy atom. The Labute approximate surface area is 318 Å². The van der Waals surface area contributed by atoms with Crippen LogP contribution in [0.4, 0.5) is 39.5 Å². The van der Waals surface area contributed by atoms with Gasteiger partial charge in [0, 0.05) is 31.9 Å². The lowest BCUT2D eigenvalue weighted by Gasteiger charge is -2.34. The lowest BCUT2D eigenvalue weighted by molar-refractivity contribution is -0.193. The van der Waals surface area contributed by atoms with Gasteiger partial charge in [0.2, 0.25) is 5.91 Å². The molecular weight excluding hydrogens is 793 g/mol. The summed E-state index contributed by atoms with van der Waals surface area (Å²) in [6.07, 6.45) is -5.96. The van der Waals surface area contributed by atoms with Crippen molar-refractivity contribution in [3.63, 3.8) is 0 Å². The van der Waals surface area contributed by atoms with Crippen LogP contribution in [0.1, 0.15) is 62.5 Å². The van der Waals surface area contributed by atoms with Gasteiger partial charge in [0.15, 0.2) is 0 Å². The minimum atomic E-state index is -5.08. The van der Waals surface area contributed by atoms with Gasteiger partial charge in [-0.2, -0.15) is 39.5 Å². The van der Waals surface area contributed by atoms with Gasteiger partial charge in [-0.05, 0) is 37.0 Å². The predicted octanol–water partition coefficient (Wildman–Crippen LogP) is 6.14. The van der Waals surface area contributed by atoms with Crippen LogP contribution in [0.2, 0.25) is 0 Å². The number of ketones is 1. The molecule has 0 radical (unpaired) electrons. The lowest BCUT2D eigenvalue weighted by Crippen LogP contribution is -2.46. The number of imidazole rings is 1. The molecule has 0 spiro atoms. The first-order valence-corrected chi connectivity index (χ1v) is 16.5. The van der Waals surface area contributed by atoms with E-state index in [9.17, 15) is 49.1 Å². The number of unbranched alkanes of at least 4 members (excludes halogenated alkanes) is 2. The minimum Gasteiger partial charge on any atom is -0.475 e. The Bertz CT molecular complexity index is 1640. The number of carbonyl (C=O) groups is 5. The molecular formula is C34H38F9N5O9. The van der Waals surface area contributed by atoms with Gasteiger partial charge in [-0.1, -0.05) is 49.2 Å². The summed E-state index contributed by atoms with van der Waals surface area (Å²) in [5, 5.41) is 24.7. The Balaban J connectivity index is 0.000000632. The van der Waals surface area contributed by atoms with Gasteiger partial charge in [-0.3, -0.25) is 14.7 Å². The molecule has 5 N–H and O–H groups in total. The number of carbonyl (C=O) groups excluding carboxylic acids is 2. The summed E-state index contributed by atoms with van der Waals surface area (Å²) in [5.41, 5.74) is 2.82. The Morgan fingerprint density at radius 2 is 1.32 bits per heavy atom. The fourth-order valence-corrected chi connectivity index (χ4v) is 4.61. The molecule has 1 fully saturated rings. The van der Waals surface area contributed by atoms with Gasteiger partial charge in [0.25, 0.3) is 0 Å². The summed E-state index contributed by atoms with van der Waals surface area (Å²) in [6, 6.07) is 13.1. The third-order valence-corrected chi connectivity index (χ3v) is 7.24. The summed E-state index contributed by atoms with van der Waals surface area (Å²) in [7, 11) is 0. The van der Waals surface area contributed by atoms with Crippen molar-refractivity contribution in [2.75, 3.05) is 26.3 Å². The van der Waals surface area contributed by atoms with Crippen LogP contribution in [0, 0.1) is 0 Å². The second kappa shape index (κ2) is 23.5. The smallest absolute Gasteiger partial charge is 0.475 e. The highest BCUT2D eigenvalue weighted by Gasteiger charge is 2.39. The van der Waals surface area contributed by atoms with Crippen LogP contribution in [0.15, 0.2) is 61.1 Å². The van der Waals surface area contributed by atoms with Gasteiger partial charge < -0.3 is 35.2 Å². The number of carboxylic acids is 3. The molecule has 0 aliphatic carbocycles. The van der Waals surface area contributed by atoms with Crippen molar-refractivity contribution in [1.29, 1.82) is 0 Å². The zero-order chi connectivity index (χ0) is 43.4. The van der Waals surface area contributed by atoms with E-state index >= 15 is 0 Å². The van der Waals surface area contributed by atoms with E-state index in [0.29, 0.717) is 32.7 Å². The molecule has 2 atom stereocenters. The maximum Gasteiger partial charge on any atom is 0.490 e. The molecule has 1 saturated heterocycles. The molecule has 23 heteroatoms. The van der Waals surface area contributed by atoms with Crippen LogP contribution in [0.25, 0.3) is 11.3 Å². The third-order valence-electron chi connectivity index (χ3n) is 7.24. The highest BCUT2D eigenvalue weighted by atomic mass is 19.4. The monoisotopic (exact) mass is 831 g/mol. The van der Waals surface area contributed by atoms with E-state index in [2.05, 4.69) is 25.2 Å². The highest BCUT2D eigenvalue weighted by molar-refractivity contribution is 5.83. The number of aromatic amines is 1. The van der Waals surface area contributed by atoms with Gasteiger partial charge >= 0.3 is 36.4 Å². The highest BCUT2D eigenvalue weighted by Crippen LogP contribution is 2.26. The standard InChI is InChI=1S/C28H35N5O3.3C2HF3O2/c1-21(34)9-4-2-7-13-24(27-30-20-25(31-27)22-10-5-3-6-11-22)32-28(35)26(23-12-8-14-29-19-23)33-15-17-36-18-16-33;3*3-2(4,5)1(6)7/h3,5-6,8,10-12,14,19-20,24,26H,2,4,7,9,13,15-18H2,1H3,(H,30,31)(H,32,35);3*(H,6,7)/t24-,26?;;;/m0.../s1. The molecule has 14 nitrogen and oxygen atoms in total. The van der Waals surface area contributed by atoms with Crippen molar-refractivity contribution in [1.82, 2.24) is 25.2 Å². The summed E-state index contributed by atoms with van der Waals surface area (Å²) in [6.45, 7) is 4.19. The molecule has 1 amide bonds. The molecule has 1 unspecified atom stereocenters. The molecule has 2 aromatic heterocycles. The number of benzene rings is 1. The van der Waals surface area contributed by atoms with Crippen LogP contribution >= 0.6 is 0 Å². The maximum atomic E-state index is 13.8. The number of aromatic nitrogens is 3. The zero-order valence-electron chi connectivity index (χ0n) is 29.8. The maximum absolute atomic E-state index is 13.8. The number of hydrogen-bond acceptors (Lipinski definition) is 9. The zero-order valence-corrected chi connectivity index (χ0v) is 29.8. The van der Waals surface area contributed by atoms with Crippen molar-refractivity contribution in [2.45, 2.75) is 69.6 Å². The van der Waals surface area contributed by atoms with E-state index in [4.69, 9.17) is 34.4 Å². The first kappa shape index (κ1) is 49.4. The van der Waals surface area contributed by atoms with Gasteiger partial charge in [0.05, 0.1) is 31.1 Å². The molecule has 1 aromatic carbocycles. The van der Waals surface area contributed by atoms with E-state index in [1.54, 1.807) is 19.3 Å². The molecule has 4 rings (SSSR count). The van der Waals surface area contributed by atoms with Crippen molar-refractivity contribution in [3.8, 4) is 11.3 Å². The number of amides is 1. The van der Waals surface area contributed by atoms with E-state index in [1.807, 2.05) is 48.7 Å². The molecule has 1 aliphatic rings. The Morgan fingerprint density at radius 3 is 1.77 bits per heavy atom. The number of alkyl halides is 9. The van der Waals surface area contributed by atoms with Crippen molar-refractivity contribution >= 4 is 29.6 Å². The first-order valence-electron chi connectivity index (χ1n) is 16.5. The van der Waals surface area contributed by atoms with Crippen LogP contribution in [0.5, 0.6) is 0 Å². The average Bonchev–Trinajstić information content (AvgIpc) is 3.62. The van der Waals surface area contributed by atoms with E-state index in [0.717, 1.165) is 48.3 Å². The average molecular weight is 832 g/mol. The number of H-pyrrole nitrogens is 1. The second-order valence-corrected chi connectivity index (χ2v) is 11.7. The number of rotatable bonds is 12. The second-order valence-electron chi connectivity index (χ2n) is 11.7. The minimum absolute atomic E-state index is 0.0729. The first-order chi connectivity index (χ1) is 26.4. The fourth-order valence-electron chi connectivity index (χ4n) is 4.61. The van der Waals surface area contributed by atoms with Crippen LogP contribution < -0.4 is 5.32 Å². The fraction of sp³-hybridized carbons (Fsp3) is 0.441. The Hall–Kier alpha value is -5.58. The number of aliphatic carboxylic acids is 3. The number of carboxylic acid groups (broad SMARTS) is 3. The van der Waals surface area contributed by atoms with Crippen molar-refractivity contribution in [2.24, 2.45) is 0 Å². The number of Topliss-reactive ketones (excluding diaryl/α,β-unsaturated/α-hetero) is 1. The summed E-state index contributed by atoms with van der Waals surface area (Å²) in [5.74, 6) is -7.40. The number of nitrogens with zero attached hydrogens (tertiary/aromatic N) is 3. The van der Waals surface area contributed by atoms with Crippen molar-refractivity contribution < 1.29 is 83.5 Å². The molecule has 0 saturated carbocycles. The largest absolute Gasteiger partial charge is 0.490 e. The summed E-state index contributed by atoms with van der Waals surface area (Å²) >= 11 is 0. The number of nitrogens with one attached hydrogen (secondary N) is 2. The third kappa shape index (κ3) is 19.7. The lowest BCUT2D eigenvalue weighted by atomic mass is 10.0. The number of ether oxygens (including phenoxy) is 1. The molecule has 3 aromatic rings. The topological polar surface area (TPSA) is 212 Å². The van der Waals surface area contributed by atoms with E-state index in [1.165, 1.54) is 0 Å². The van der Waals surface area contributed by atoms with Crippen LogP contribution in [-0.2, 0) is 28.7 Å². The molecule has 0 bridgehead atoms. The van der Waals surface area contributed by atoms with Gasteiger partial charge in [-0.25, -0.2) is 19.4 Å². The SMILES string of the molecule is CC(=O)CCCCC[C@H](NC(=O)C(c1cccnc1)N1CCOCC1)c1ncc(-c2ccccc2)[nH]1.O=C(O)C(F)(F)F.O=C(O)C(F)(F)F.O=C(O)C(F)(F)F. The predicted molar refractivity (Wildman–Crippen MR) is 179 cm³/mol. The van der Waals surface area contributed by atoms with Crippen LogP contribution in [-0.4, -0.2) is 110 Å². The summed E-state index contributed by atoms with van der Waals surface area (Å²) in [4.78, 5) is 66.3. The van der Waals surface area contributed by atoms with Gasteiger partial charge in [-0.15, -0.1) is 0 Å². The number of hydrogen-bond donors (Lipinski definition) is 5. The van der Waals surface area contributed by atoms with E-state index < -0.39 is 42.5 Å². The molecule has 57 heavy (non-hydrogen) atoms. The number of pyridine rings is 1. The quantitative estimate of drug-likeness (QED) is 0.103. The molecule has 3 heterocycles. The number of halogens is 9.